The van der Waals surface area contributed by atoms with Crippen LogP contribution in [0.5, 0.6) is 0 Å². The van der Waals surface area contributed by atoms with Crippen molar-refractivity contribution in [1.82, 2.24) is 30.0 Å². The van der Waals surface area contributed by atoms with E-state index in [1.807, 2.05) is 30.3 Å². The normalized spacial score (nSPS) is 10.7. The minimum atomic E-state index is -0.305. The highest BCUT2D eigenvalue weighted by Gasteiger charge is 2.13. The molecule has 0 aliphatic heterocycles. The Balaban J connectivity index is 1.75. The number of hydrogen-bond donors (Lipinski definition) is 2. The molecule has 0 bridgehead atoms. The van der Waals surface area contributed by atoms with Crippen LogP contribution in [0.3, 0.4) is 0 Å². The first-order valence-electron chi connectivity index (χ1n) is 8.45. The van der Waals surface area contributed by atoms with Crippen LogP contribution in [0.25, 0.3) is 16.7 Å². The van der Waals surface area contributed by atoms with Gasteiger partial charge in [0.1, 0.15) is 11.2 Å². The number of nitrogens with zero attached hydrogens (tertiary/aromatic N) is 4. The Morgan fingerprint density at radius 3 is 2.67 bits per heavy atom. The lowest BCUT2D eigenvalue weighted by molar-refractivity contribution is -0.130. The van der Waals surface area contributed by atoms with E-state index >= 15 is 0 Å². The summed E-state index contributed by atoms with van der Waals surface area (Å²) in [5.74, 6) is -0.0909. The summed E-state index contributed by atoms with van der Waals surface area (Å²) in [7, 11) is 3.24. The predicted octanol–water partition coefficient (Wildman–Crippen LogP) is 0.246. The van der Waals surface area contributed by atoms with E-state index < -0.39 is 0 Å². The second-order valence-corrected chi connectivity index (χ2v) is 6.21. The van der Waals surface area contributed by atoms with Crippen LogP contribution < -0.4 is 10.9 Å². The summed E-state index contributed by atoms with van der Waals surface area (Å²) >= 11 is 0. The Morgan fingerprint density at radius 1 is 1.22 bits per heavy atom. The maximum Gasteiger partial charge on any atom is 0.262 e. The van der Waals surface area contributed by atoms with Gasteiger partial charge in [-0.25, -0.2) is 9.67 Å². The zero-order valence-corrected chi connectivity index (χ0v) is 15.1. The molecule has 0 aliphatic rings. The molecule has 1 aromatic carbocycles. The molecule has 2 N–H and O–H groups in total. The quantitative estimate of drug-likeness (QED) is 0.647. The zero-order valence-electron chi connectivity index (χ0n) is 15.1. The number of rotatable bonds is 6. The maximum atomic E-state index is 12.3. The van der Waals surface area contributed by atoms with Crippen LogP contribution in [0.1, 0.15) is 12.2 Å². The molecule has 9 nitrogen and oxygen atoms in total. The topological polar surface area (TPSA) is 113 Å². The number of aromatic nitrogens is 4. The van der Waals surface area contributed by atoms with Crippen LogP contribution in [0, 0.1) is 0 Å². The molecule has 0 unspecified atom stereocenters. The number of hydrogen-bond acceptors (Lipinski definition) is 5. The van der Waals surface area contributed by atoms with Crippen molar-refractivity contribution < 1.29 is 9.59 Å². The number of likely N-dealkylation sites (N-methyl/N-ethyl adjacent to an activating group) is 1. The first-order chi connectivity index (χ1) is 13.0. The number of benzene rings is 1. The average Bonchev–Trinajstić information content (AvgIpc) is 3.09. The largest absolute Gasteiger partial charge is 0.347 e. The molecular weight excluding hydrogens is 348 g/mol. The molecule has 0 spiro atoms. The van der Waals surface area contributed by atoms with Crippen molar-refractivity contribution in [2.75, 3.05) is 20.6 Å². The summed E-state index contributed by atoms with van der Waals surface area (Å²) < 4.78 is 1.59. The minimum absolute atomic E-state index is 0.0599. The highest BCUT2D eigenvalue weighted by Crippen LogP contribution is 2.13. The van der Waals surface area contributed by atoms with E-state index in [2.05, 4.69) is 20.4 Å². The molecule has 9 heteroatoms. The van der Waals surface area contributed by atoms with Gasteiger partial charge in [0.15, 0.2) is 5.65 Å². The van der Waals surface area contributed by atoms with E-state index in [0.717, 1.165) is 5.69 Å². The van der Waals surface area contributed by atoms with Crippen molar-refractivity contribution >= 4 is 22.8 Å². The fourth-order valence-corrected chi connectivity index (χ4v) is 2.49. The van der Waals surface area contributed by atoms with Crippen molar-refractivity contribution in [1.29, 1.82) is 0 Å². The minimum Gasteiger partial charge on any atom is -0.347 e. The number of aryl methyl sites for hydroxylation is 1. The van der Waals surface area contributed by atoms with Crippen LogP contribution in [0.15, 0.2) is 41.3 Å². The van der Waals surface area contributed by atoms with Crippen LogP contribution in [-0.2, 0) is 16.0 Å². The predicted molar refractivity (Wildman–Crippen MR) is 99.5 cm³/mol. The monoisotopic (exact) mass is 368 g/mol. The fraction of sp³-hybridized carbons (Fsp3) is 0.278. The van der Waals surface area contributed by atoms with Gasteiger partial charge in [-0.15, -0.1) is 0 Å². The van der Waals surface area contributed by atoms with Gasteiger partial charge in [0, 0.05) is 26.9 Å². The molecule has 0 saturated heterocycles. The first kappa shape index (κ1) is 18.3. The van der Waals surface area contributed by atoms with Gasteiger partial charge in [0.2, 0.25) is 11.8 Å². The van der Waals surface area contributed by atoms with E-state index in [1.54, 1.807) is 18.8 Å². The Morgan fingerprint density at radius 2 is 1.96 bits per heavy atom. The van der Waals surface area contributed by atoms with Crippen LogP contribution >= 0.6 is 0 Å². The number of amides is 2. The van der Waals surface area contributed by atoms with Gasteiger partial charge in [-0.3, -0.25) is 14.4 Å². The Bertz CT molecular complexity index is 1020. The number of carbonyl (C=O) groups is 2. The lowest BCUT2D eigenvalue weighted by Gasteiger charge is -2.10. The average molecular weight is 368 g/mol. The van der Waals surface area contributed by atoms with Crippen molar-refractivity contribution in [3.8, 4) is 5.69 Å². The summed E-state index contributed by atoms with van der Waals surface area (Å²) in [6, 6.07) is 9.36. The first-order valence-corrected chi connectivity index (χ1v) is 8.45. The third-order valence-electron chi connectivity index (χ3n) is 4.01. The lowest BCUT2D eigenvalue weighted by atomic mass is 10.2. The van der Waals surface area contributed by atoms with Gasteiger partial charge >= 0.3 is 0 Å². The van der Waals surface area contributed by atoms with Gasteiger partial charge in [0.25, 0.3) is 5.56 Å². The number of fused-ring (bicyclic) bond motifs is 1. The smallest absolute Gasteiger partial charge is 0.262 e. The van der Waals surface area contributed by atoms with Crippen LogP contribution in [-0.4, -0.2) is 57.1 Å². The van der Waals surface area contributed by atoms with Crippen molar-refractivity contribution in [3.63, 3.8) is 0 Å². The van der Waals surface area contributed by atoms with Crippen LogP contribution in [0.2, 0.25) is 0 Å². The molecule has 3 aromatic rings. The number of carbonyl (C=O) groups excluding carboxylic acids is 2. The molecule has 27 heavy (non-hydrogen) atoms. The van der Waals surface area contributed by atoms with Gasteiger partial charge < -0.3 is 15.2 Å². The van der Waals surface area contributed by atoms with Crippen LogP contribution in [0.4, 0.5) is 0 Å². The number of nitrogens with one attached hydrogen (secondary N) is 2. The van der Waals surface area contributed by atoms with E-state index in [0.29, 0.717) is 16.9 Å². The summed E-state index contributed by atoms with van der Waals surface area (Å²) in [6.07, 6.45) is 1.82. The molecule has 0 atom stereocenters. The Labute approximate surface area is 155 Å². The van der Waals surface area contributed by atoms with E-state index in [1.165, 1.54) is 11.1 Å². The molecule has 2 amide bonds. The number of para-hydroxylation sites is 1. The highest BCUT2D eigenvalue weighted by molar-refractivity contribution is 5.84. The van der Waals surface area contributed by atoms with E-state index in [9.17, 15) is 14.4 Å². The summed E-state index contributed by atoms with van der Waals surface area (Å²) in [6.45, 7) is -0.0599. The zero-order chi connectivity index (χ0) is 19.4. The summed E-state index contributed by atoms with van der Waals surface area (Å²) in [5, 5.41) is 7.17. The molecule has 0 saturated carbocycles. The molecule has 2 aromatic heterocycles. The van der Waals surface area contributed by atoms with Gasteiger partial charge in [-0.05, 0) is 12.1 Å². The molecule has 2 heterocycles. The molecular formula is C18H20N6O3. The van der Waals surface area contributed by atoms with Crippen molar-refractivity contribution in [3.05, 3.63) is 52.7 Å². The third-order valence-corrected chi connectivity index (χ3v) is 4.01. The molecule has 0 aliphatic carbocycles. The molecule has 140 valence electrons. The maximum absolute atomic E-state index is 12.3. The third kappa shape index (κ3) is 4.20. The van der Waals surface area contributed by atoms with Gasteiger partial charge in [0.05, 0.1) is 18.4 Å². The Hall–Kier alpha value is -3.49. The van der Waals surface area contributed by atoms with E-state index in [4.69, 9.17) is 0 Å². The van der Waals surface area contributed by atoms with Gasteiger partial charge in [-0.1, -0.05) is 18.2 Å². The number of aromatic amines is 1. The second-order valence-electron chi connectivity index (χ2n) is 6.21. The SMILES string of the molecule is CN(C)C(=O)CNC(=O)CCc1nc2c(cnn2-c2ccccc2)c(=O)[nH]1. The highest BCUT2D eigenvalue weighted by atomic mass is 16.2. The standard InChI is InChI=1S/C18H20N6O3/c1-23(2)16(26)11-19-15(25)9-8-14-21-17-13(18(27)22-14)10-20-24(17)12-6-4-3-5-7-12/h3-7,10H,8-9,11H2,1-2H3,(H,19,25)(H,21,22,27). The van der Waals surface area contributed by atoms with E-state index in [-0.39, 0.29) is 36.8 Å². The van der Waals surface area contributed by atoms with Crippen molar-refractivity contribution in [2.24, 2.45) is 0 Å². The molecule has 3 rings (SSSR count). The fourth-order valence-electron chi connectivity index (χ4n) is 2.49. The van der Waals surface area contributed by atoms with Gasteiger partial charge in [-0.2, -0.15) is 5.10 Å². The van der Waals surface area contributed by atoms with Crippen molar-refractivity contribution in [2.45, 2.75) is 12.8 Å². The lowest BCUT2D eigenvalue weighted by Crippen LogP contribution is -2.36. The summed E-state index contributed by atoms with van der Waals surface area (Å²) in [4.78, 5) is 44.2. The molecule has 0 radical (unpaired) electrons. The summed E-state index contributed by atoms with van der Waals surface area (Å²) in [5.41, 5.74) is 0.917. The Kier molecular flexibility index (Phi) is 5.30. The second kappa shape index (κ2) is 7.81. The number of H-pyrrole nitrogens is 1. The molecule has 0 fully saturated rings.